The van der Waals surface area contributed by atoms with Crippen LogP contribution in [0.4, 0.5) is 4.79 Å². The lowest BCUT2D eigenvalue weighted by atomic mass is 10.2. The highest BCUT2D eigenvalue weighted by Gasteiger charge is 2.21. The Labute approximate surface area is 150 Å². The van der Waals surface area contributed by atoms with Crippen LogP contribution >= 0.6 is 0 Å². The molecule has 0 aliphatic carbocycles. The molecule has 1 aromatic carbocycles. The van der Waals surface area contributed by atoms with Crippen molar-refractivity contribution in [1.82, 2.24) is 10.2 Å². The number of hydrogen-bond acceptors (Lipinski definition) is 3. The van der Waals surface area contributed by atoms with Crippen LogP contribution in [-0.4, -0.2) is 56.5 Å². The van der Waals surface area contributed by atoms with Crippen LogP contribution in [-0.2, 0) is 15.9 Å². The Kier molecular flexibility index (Phi) is 8.89. The zero-order chi connectivity index (χ0) is 17.7. The quantitative estimate of drug-likeness (QED) is 0.524. The van der Waals surface area contributed by atoms with Gasteiger partial charge < -0.3 is 19.7 Å². The van der Waals surface area contributed by atoms with Crippen LogP contribution in [0.25, 0.3) is 0 Å². The Bertz CT molecular complexity index is 536. The normalized spacial score (nSPS) is 16.4. The molecule has 1 aliphatic heterocycles. The van der Waals surface area contributed by atoms with E-state index in [1.165, 1.54) is 5.56 Å². The predicted molar refractivity (Wildman–Crippen MR) is 98.4 cm³/mol. The molecule has 0 saturated carbocycles. The first-order valence-corrected chi connectivity index (χ1v) is 8.99. The standard InChI is InChI=1S/C20H28N2O3/c1-2-13-22(17-19-10-6-15-25-19)20(23)21-12-7-14-24-16-11-18-8-4-3-5-9-18/h1,3-5,8-9,19H,6-7,10-17H2,(H,21,23)/t19-/m0/s1. The van der Waals surface area contributed by atoms with Crippen molar-refractivity contribution in [2.24, 2.45) is 0 Å². The van der Waals surface area contributed by atoms with Crippen LogP contribution < -0.4 is 5.32 Å². The molecule has 1 atom stereocenters. The molecule has 1 saturated heterocycles. The van der Waals surface area contributed by atoms with Crippen molar-refractivity contribution >= 4 is 6.03 Å². The van der Waals surface area contributed by atoms with E-state index in [1.807, 2.05) is 18.2 Å². The number of urea groups is 1. The Morgan fingerprint density at radius 3 is 2.92 bits per heavy atom. The fourth-order valence-electron chi connectivity index (χ4n) is 2.78. The molecule has 2 rings (SSSR count). The predicted octanol–water partition coefficient (Wildman–Crippen LogP) is 2.46. The second-order valence-electron chi connectivity index (χ2n) is 6.15. The molecule has 5 nitrogen and oxygen atoms in total. The molecule has 1 N–H and O–H groups in total. The number of amides is 2. The molecular formula is C20H28N2O3. The van der Waals surface area contributed by atoms with E-state index in [4.69, 9.17) is 15.9 Å². The van der Waals surface area contributed by atoms with Crippen molar-refractivity contribution in [3.05, 3.63) is 35.9 Å². The first-order valence-electron chi connectivity index (χ1n) is 8.99. The van der Waals surface area contributed by atoms with Crippen LogP contribution in [0.5, 0.6) is 0 Å². The van der Waals surface area contributed by atoms with Crippen LogP contribution in [0, 0.1) is 12.3 Å². The number of nitrogens with one attached hydrogen (secondary N) is 1. The topological polar surface area (TPSA) is 50.8 Å². The van der Waals surface area contributed by atoms with Crippen LogP contribution in [0.1, 0.15) is 24.8 Å². The average Bonchev–Trinajstić information content (AvgIpc) is 3.14. The van der Waals surface area contributed by atoms with E-state index in [9.17, 15) is 4.79 Å². The van der Waals surface area contributed by atoms with Gasteiger partial charge in [0.25, 0.3) is 0 Å². The SMILES string of the molecule is C#CCN(C[C@@H]1CCCO1)C(=O)NCCCOCCc1ccccc1. The van der Waals surface area contributed by atoms with E-state index in [2.05, 4.69) is 23.4 Å². The third-order valence-electron chi connectivity index (χ3n) is 4.14. The summed E-state index contributed by atoms with van der Waals surface area (Å²) in [6.07, 6.45) is 9.21. The lowest BCUT2D eigenvalue weighted by Crippen LogP contribution is -2.44. The van der Waals surface area contributed by atoms with Gasteiger partial charge in [-0.05, 0) is 31.2 Å². The average molecular weight is 344 g/mol. The minimum Gasteiger partial charge on any atom is -0.381 e. The van der Waals surface area contributed by atoms with Crippen molar-refractivity contribution in [2.75, 3.05) is 39.5 Å². The monoisotopic (exact) mass is 344 g/mol. The number of carbonyl (C=O) groups excluding carboxylic acids is 1. The first-order chi connectivity index (χ1) is 12.3. The Hall–Kier alpha value is -2.03. The maximum Gasteiger partial charge on any atom is 0.318 e. The minimum absolute atomic E-state index is 0.111. The molecular weight excluding hydrogens is 316 g/mol. The maximum atomic E-state index is 12.2. The van der Waals surface area contributed by atoms with Crippen molar-refractivity contribution in [2.45, 2.75) is 31.8 Å². The highest BCUT2D eigenvalue weighted by atomic mass is 16.5. The third-order valence-corrected chi connectivity index (χ3v) is 4.14. The van der Waals surface area contributed by atoms with Gasteiger partial charge in [-0.3, -0.25) is 0 Å². The molecule has 0 spiro atoms. The van der Waals surface area contributed by atoms with Crippen LogP contribution in [0.15, 0.2) is 30.3 Å². The zero-order valence-electron chi connectivity index (χ0n) is 14.8. The van der Waals surface area contributed by atoms with Crippen molar-refractivity contribution in [3.8, 4) is 12.3 Å². The van der Waals surface area contributed by atoms with Gasteiger partial charge in [0.2, 0.25) is 0 Å². The van der Waals surface area contributed by atoms with Gasteiger partial charge >= 0.3 is 6.03 Å². The molecule has 0 unspecified atom stereocenters. The summed E-state index contributed by atoms with van der Waals surface area (Å²) in [5, 5.41) is 2.91. The molecule has 0 bridgehead atoms. The van der Waals surface area contributed by atoms with Gasteiger partial charge in [-0.1, -0.05) is 36.3 Å². The molecule has 25 heavy (non-hydrogen) atoms. The van der Waals surface area contributed by atoms with E-state index >= 15 is 0 Å². The number of rotatable bonds is 10. The summed E-state index contributed by atoms with van der Waals surface area (Å²) in [5.41, 5.74) is 1.27. The van der Waals surface area contributed by atoms with E-state index in [0.29, 0.717) is 32.8 Å². The second kappa shape index (κ2) is 11.5. The molecule has 1 aliphatic rings. The van der Waals surface area contributed by atoms with Crippen LogP contribution in [0.3, 0.4) is 0 Å². The van der Waals surface area contributed by atoms with E-state index in [-0.39, 0.29) is 12.1 Å². The highest BCUT2D eigenvalue weighted by molar-refractivity contribution is 5.74. The van der Waals surface area contributed by atoms with Gasteiger partial charge in [0.1, 0.15) is 0 Å². The molecule has 5 heteroatoms. The van der Waals surface area contributed by atoms with Gasteiger partial charge in [0, 0.05) is 26.3 Å². The summed E-state index contributed by atoms with van der Waals surface area (Å²) < 4.78 is 11.2. The molecule has 1 heterocycles. The summed E-state index contributed by atoms with van der Waals surface area (Å²) in [4.78, 5) is 13.9. The summed E-state index contributed by atoms with van der Waals surface area (Å²) in [5.74, 6) is 2.54. The number of benzene rings is 1. The van der Waals surface area contributed by atoms with Gasteiger partial charge in [-0.2, -0.15) is 0 Å². The number of nitrogens with zero attached hydrogens (tertiary/aromatic N) is 1. The largest absolute Gasteiger partial charge is 0.381 e. The molecule has 1 fully saturated rings. The van der Waals surface area contributed by atoms with Gasteiger partial charge in [0.15, 0.2) is 0 Å². The Balaban J connectivity index is 1.54. The maximum absolute atomic E-state index is 12.2. The van der Waals surface area contributed by atoms with Gasteiger partial charge in [0.05, 0.1) is 19.3 Å². The van der Waals surface area contributed by atoms with Crippen molar-refractivity contribution < 1.29 is 14.3 Å². The summed E-state index contributed by atoms with van der Waals surface area (Å²) in [6.45, 7) is 3.55. The molecule has 0 aromatic heterocycles. The number of hydrogen-bond donors (Lipinski definition) is 1. The zero-order valence-corrected chi connectivity index (χ0v) is 14.8. The first kappa shape index (κ1) is 19.3. The fourth-order valence-corrected chi connectivity index (χ4v) is 2.78. The molecule has 0 radical (unpaired) electrons. The van der Waals surface area contributed by atoms with E-state index in [0.717, 1.165) is 32.3 Å². The Morgan fingerprint density at radius 1 is 1.36 bits per heavy atom. The molecule has 136 valence electrons. The highest BCUT2D eigenvalue weighted by Crippen LogP contribution is 2.13. The summed E-state index contributed by atoms with van der Waals surface area (Å²) >= 11 is 0. The minimum atomic E-state index is -0.127. The molecule has 2 amide bonds. The van der Waals surface area contributed by atoms with Gasteiger partial charge in [-0.15, -0.1) is 6.42 Å². The fraction of sp³-hybridized carbons (Fsp3) is 0.550. The van der Waals surface area contributed by atoms with E-state index < -0.39 is 0 Å². The lowest BCUT2D eigenvalue weighted by Gasteiger charge is -2.23. The lowest BCUT2D eigenvalue weighted by molar-refractivity contribution is 0.0843. The number of terminal acetylenes is 1. The smallest absolute Gasteiger partial charge is 0.318 e. The van der Waals surface area contributed by atoms with Crippen LogP contribution in [0.2, 0.25) is 0 Å². The number of carbonyl (C=O) groups is 1. The van der Waals surface area contributed by atoms with E-state index in [1.54, 1.807) is 4.90 Å². The summed E-state index contributed by atoms with van der Waals surface area (Å²) in [7, 11) is 0. The van der Waals surface area contributed by atoms with Crippen molar-refractivity contribution in [3.63, 3.8) is 0 Å². The van der Waals surface area contributed by atoms with Crippen molar-refractivity contribution in [1.29, 1.82) is 0 Å². The number of ether oxygens (including phenoxy) is 2. The third kappa shape index (κ3) is 7.59. The summed E-state index contributed by atoms with van der Waals surface area (Å²) in [6, 6.07) is 10.1. The molecule has 1 aromatic rings. The Morgan fingerprint density at radius 2 is 2.20 bits per heavy atom. The second-order valence-corrected chi connectivity index (χ2v) is 6.15. The van der Waals surface area contributed by atoms with Gasteiger partial charge in [-0.25, -0.2) is 4.79 Å².